The summed E-state index contributed by atoms with van der Waals surface area (Å²) in [5.74, 6) is 0.574. The highest BCUT2D eigenvalue weighted by atomic mass is 16.3. The zero-order valence-electron chi connectivity index (χ0n) is 19.8. The molecule has 7 rings (SSSR count). The number of aromatic amines is 1. The van der Waals surface area contributed by atoms with Gasteiger partial charge in [-0.3, -0.25) is 0 Å². The van der Waals surface area contributed by atoms with Crippen LogP contribution >= 0.6 is 0 Å². The average Bonchev–Trinajstić information content (AvgIpc) is 3.36. The number of nitrogen functional groups attached to an aromatic ring is 1. The fourth-order valence-electron chi connectivity index (χ4n) is 6.60. The van der Waals surface area contributed by atoms with E-state index in [1.807, 2.05) is 12.1 Å². The van der Waals surface area contributed by atoms with E-state index < -0.39 is 0 Å². The molecule has 7 heteroatoms. The summed E-state index contributed by atoms with van der Waals surface area (Å²) < 4.78 is 0. The lowest BCUT2D eigenvalue weighted by molar-refractivity contribution is -0.0496. The molecule has 2 heterocycles. The minimum absolute atomic E-state index is 0.00231. The number of rotatable bonds is 7. The van der Waals surface area contributed by atoms with Crippen LogP contribution in [0, 0.1) is 0 Å². The van der Waals surface area contributed by atoms with Gasteiger partial charge in [0, 0.05) is 16.9 Å². The van der Waals surface area contributed by atoms with Crippen LogP contribution in [0.3, 0.4) is 0 Å². The summed E-state index contributed by atoms with van der Waals surface area (Å²) in [6.07, 6.45) is 5.58. The molecule has 2 bridgehead atoms. The van der Waals surface area contributed by atoms with Crippen molar-refractivity contribution in [1.82, 2.24) is 25.7 Å². The predicted octanol–water partition coefficient (Wildman–Crippen LogP) is 4.06. The summed E-state index contributed by atoms with van der Waals surface area (Å²) in [6.45, 7) is 0.839. The number of benzene rings is 2. The van der Waals surface area contributed by atoms with Crippen LogP contribution in [0.15, 0.2) is 66.7 Å². The molecule has 35 heavy (non-hydrogen) atoms. The molecule has 2 aromatic heterocycles. The van der Waals surface area contributed by atoms with Crippen LogP contribution in [-0.4, -0.2) is 43.7 Å². The van der Waals surface area contributed by atoms with Gasteiger partial charge in [0.05, 0.1) is 6.10 Å². The van der Waals surface area contributed by atoms with E-state index in [0.717, 1.165) is 56.1 Å². The summed E-state index contributed by atoms with van der Waals surface area (Å²) in [7, 11) is 0. The van der Waals surface area contributed by atoms with Crippen molar-refractivity contribution in [3.8, 4) is 0 Å². The van der Waals surface area contributed by atoms with E-state index in [1.165, 1.54) is 11.1 Å². The first-order valence-electron chi connectivity index (χ1n) is 12.6. The minimum atomic E-state index is -0.320. The highest BCUT2D eigenvalue weighted by Crippen LogP contribution is 2.53. The Bertz CT molecular complexity index is 1300. The van der Waals surface area contributed by atoms with Crippen LogP contribution in [-0.2, 0) is 5.41 Å². The maximum Gasteiger partial charge on any atom is 0.178 e. The Morgan fingerprint density at radius 1 is 1.03 bits per heavy atom. The lowest BCUT2D eigenvalue weighted by Gasteiger charge is -2.57. The van der Waals surface area contributed by atoms with Gasteiger partial charge in [-0.2, -0.15) is 0 Å². The summed E-state index contributed by atoms with van der Waals surface area (Å²) in [4.78, 5) is 4.35. The number of nitrogens with two attached hydrogens (primary N) is 1. The molecule has 0 amide bonds. The summed E-state index contributed by atoms with van der Waals surface area (Å²) in [6, 6.07) is 23.0. The maximum atomic E-state index is 11.3. The molecule has 3 saturated carbocycles. The van der Waals surface area contributed by atoms with E-state index in [4.69, 9.17) is 5.73 Å². The number of fused-ring (bicyclic) bond motifs is 4. The van der Waals surface area contributed by atoms with Gasteiger partial charge in [-0.1, -0.05) is 65.9 Å². The topological polar surface area (TPSA) is 113 Å². The van der Waals surface area contributed by atoms with Gasteiger partial charge >= 0.3 is 0 Å². The van der Waals surface area contributed by atoms with Crippen LogP contribution in [0.5, 0.6) is 0 Å². The average molecular weight is 469 g/mol. The third-order valence-electron chi connectivity index (χ3n) is 8.53. The largest absolute Gasteiger partial charge is 0.392 e. The number of aliphatic hydroxyl groups is 1. The number of nitrogens with zero attached hydrogens (tertiary/aromatic N) is 3. The summed E-state index contributed by atoms with van der Waals surface area (Å²) in [5.41, 5.74) is 11.0. The third kappa shape index (κ3) is 3.89. The molecular formula is C28H32N6O. The molecule has 4 aromatic rings. The van der Waals surface area contributed by atoms with Crippen LogP contribution in [0.25, 0.3) is 11.2 Å². The molecule has 3 aliphatic rings. The second-order valence-electron chi connectivity index (χ2n) is 10.3. The number of pyridine rings is 1. The van der Waals surface area contributed by atoms with Crippen molar-refractivity contribution in [2.45, 2.75) is 61.5 Å². The molecule has 0 spiro atoms. The van der Waals surface area contributed by atoms with Gasteiger partial charge in [0.25, 0.3) is 0 Å². The number of hydrogen-bond donors (Lipinski definition) is 4. The van der Waals surface area contributed by atoms with Crippen LogP contribution in [0.2, 0.25) is 0 Å². The fourth-order valence-corrected chi connectivity index (χ4v) is 6.60. The Balaban J connectivity index is 1.21. The van der Waals surface area contributed by atoms with Crippen molar-refractivity contribution in [2.24, 2.45) is 0 Å². The van der Waals surface area contributed by atoms with Crippen molar-refractivity contribution in [1.29, 1.82) is 0 Å². The van der Waals surface area contributed by atoms with E-state index in [9.17, 15) is 5.11 Å². The molecule has 3 fully saturated rings. The maximum absolute atomic E-state index is 11.3. The van der Waals surface area contributed by atoms with Crippen LogP contribution in [0.1, 0.15) is 61.1 Å². The lowest BCUT2D eigenvalue weighted by Crippen LogP contribution is -2.62. The normalized spacial score (nSPS) is 26.7. The SMILES string of the molecule is Nc1cc(C(CCNC23CCC(c4ccccc4)(CC2)C(O)C3)c2ccccc2)c2nn[nH]c2n1. The number of anilines is 1. The number of nitrogens with one attached hydrogen (secondary N) is 2. The molecule has 3 aliphatic carbocycles. The first-order valence-corrected chi connectivity index (χ1v) is 12.6. The number of aliphatic hydroxyl groups excluding tert-OH is 1. The van der Waals surface area contributed by atoms with Gasteiger partial charge in [-0.25, -0.2) is 10.1 Å². The highest BCUT2D eigenvalue weighted by Gasteiger charge is 2.54. The van der Waals surface area contributed by atoms with E-state index >= 15 is 0 Å². The molecule has 2 aromatic carbocycles. The van der Waals surface area contributed by atoms with Gasteiger partial charge in [0.15, 0.2) is 5.65 Å². The molecule has 0 saturated heterocycles. The van der Waals surface area contributed by atoms with Crippen molar-refractivity contribution < 1.29 is 5.11 Å². The van der Waals surface area contributed by atoms with Crippen LogP contribution in [0.4, 0.5) is 5.82 Å². The smallest absolute Gasteiger partial charge is 0.178 e. The predicted molar refractivity (Wildman–Crippen MR) is 137 cm³/mol. The second kappa shape index (κ2) is 8.73. The second-order valence-corrected chi connectivity index (χ2v) is 10.3. The minimum Gasteiger partial charge on any atom is -0.392 e. The Labute approximate surface area is 205 Å². The Kier molecular flexibility index (Phi) is 5.54. The molecule has 7 nitrogen and oxygen atoms in total. The fraction of sp³-hybridized carbons (Fsp3) is 0.393. The lowest BCUT2D eigenvalue weighted by atomic mass is 9.53. The monoisotopic (exact) mass is 468 g/mol. The zero-order valence-corrected chi connectivity index (χ0v) is 19.8. The Hall–Kier alpha value is -3.29. The summed E-state index contributed by atoms with van der Waals surface area (Å²) in [5, 5.41) is 26.3. The molecule has 180 valence electrons. The Morgan fingerprint density at radius 2 is 1.74 bits per heavy atom. The molecule has 0 aliphatic heterocycles. The van der Waals surface area contributed by atoms with Crippen molar-refractivity contribution in [3.63, 3.8) is 0 Å². The first-order chi connectivity index (χ1) is 17.1. The molecular weight excluding hydrogens is 436 g/mol. The van der Waals surface area contributed by atoms with Gasteiger partial charge < -0.3 is 16.2 Å². The van der Waals surface area contributed by atoms with Gasteiger partial charge in [-0.15, -0.1) is 5.10 Å². The molecule has 0 radical (unpaired) electrons. The van der Waals surface area contributed by atoms with Crippen molar-refractivity contribution in [3.05, 3.63) is 83.4 Å². The van der Waals surface area contributed by atoms with Gasteiger partial charge in [-0.05, 0) is 67.8 Å². The highest BCUT2D eigenvalue weighted by molar-refractivity contribution is 5.77. The zero-order chi connectivity index (χ0) is 23.9. The van der Waals surface area contributed by atoms with E-state index in [1.54, 1.807) is 0 Å². The number of H-pyrrole nitrogens is 1. The van der Waals surface area contributed by atoms with E-state index in [0.29, 0.717) is 11.5 Å². The van der Waals surface area contributed by atoms with Crippen molar-refractivity contribution >= 4 is 17.0 Å². The van der Waals surface area contributed by atoms with Crippen molar-refractivity contribution in [2.75, 3.05) is 12.3 Å². The molecule has 2 unspecified atom stereocenters. The van der Waals surface area contributed by atoms with Gasteiger partial charge in [0.1, 0.15) is 11.3 Å². The quantitative estimate of drug-likeness (QED) is 0.325. The van der Waals surface area contributed by atoms with Crippen LogP contribution < -0.4 is 11.1 Å². The number of aromatic nitrogens is 4. The van der Waals surface area contributed by atoms with E-state index in [2.05, 4.69) is 80.3 Å². The number of hydrogen-bond acceptors (Lipinski definition) is 6. The molecule has 2 atom stereocenters. The van der Waals surface area contributed by atoms with Gasteiger partial charge in [0.2, 0.25) is 0 Å². The standard InChI is InChI=1S/C28H32N6O/c29-24-17-22(25-26(31-24)33-34-32-25)21(19-7-3-1-4-8-19)11-16-30-27-12-14-28(15-13-27,23(35)18-27)20-9-5-2-6-10-20/h1-10,17,21,23,30,35H,11-16,18H2,(H3,29,31,32,33,34). The first kappa shape index (κ1) is 22.2. The third-order valence-corrected chi connectivity index (χ3v) is 8.53. The molecule has 5 N–H and O–H groups in total. The van der Waals surface area contributed by atoms with E-state index in [-0.39, 0.29) is 23.0 Å². The summed E-state index contributed by atoms with van der Waals surface area (Å²) >= 11 is 0. The Morgan fingerprint density at radius 3 is 2.46 bits per heavy atom.